The van der Waals surface area contributed by atoms with Gasteiger partial charge < -0.3 is 29.7 Å². The number of carbonyl (C=O) groups excluding carboxylic acids is 2. The van der Waals surface area contributed by atoms with E-state index >= 15 is 0 Å². The first-order chi connectivity index (χ1) is 16.4. The zero-order chi connectivity index (χ0) is 24.5. The van der Waals surface area contributed by atoms with Gasteiger partial charge in [-0.3, -0.25) is 14.9 Å². The standard InChI is InChI=1S/C23H34N4O7/c1-32-12-13-34-21-15-19(27(30)31)18(14-20(21)33-2)22(28)24-17-8-10-26(11-9-17)23(29)25-16-6-4-3-5-7-16/h14-17H,3-13H2,1-2H3,(H,24,28)(H,25,29). The first kappa shape index (κ1) is 25.5. The molecule has 34 heavy (non-hydrogen) atoms. The minimum Gasteiger partial charge on any atom is -0.493 e. The molecule has 2 aliphatic rings. The van der Waals surface area contributed by atoms with E-state index in [0.717, 1.165) is 25.7 Å². The molecule has 0 aromatic heterocycles. The molecule has 1 aliphatic carbocycles. The van der Waals surface area contributed by atoms with Crippen LogP contribution in [0.4, 0.5) is 10.5 Å². The maximum atomic E-state index is 12.9. The summed E-state index contributed by atoms with van der Waals surface area (Å²) in [6, 6.07) is 2.52. The Labute approximate surface area is 199 Å². The highest BCUT2D eigenvalue weighted by atomic mass is 16.6. The van der Waals surface area contributed by atoms with Crippen LogP contribution in [0, 0.1) is 10.1 Å². The average molecular weight is 479 g/mol. The van der Waals surface area contributed by atoms with Gasteiger partial charge >= 0.3 is 6.03 Å². The van der Waals surface area contributed by atoms with Gasteiger partial charge in [-0.05, 0) is 25.7 Å². The van der Waals surface area contributed by atoms with Gasteiger partial charge in [0.1, 0.15) is 12.2 Å². The quantitative estimate of drug-likeness (QED) is 0.317. The minimum atomic E-state index is -0.615. The number of methoxy groups -OCH3 is 2. The number of benzene rings is 1. The van der Waals surface area contributed by atoms with Gasteiger partial charge in [0.2, 0.25) is 0 Å². The Morgan fingerprint density at radius 3 is 2.29 bits per heavy atom. The number of nitro benzene ring substituents is 1. The van der Waals surface area contributed by atoms with Crippen LogP contribution in [-0.2, 0) is 4.74 Å². The molecule has 0 atom stereocenters. The molecule has 188 valence electrons. The molecule has 1 saturated heterocycles. The number of amides is 3. The van der Waals surface area contributed by atoms with Gasteiger partial charge in [0.25, 0.3) is 11.6 Å². The predicted octanol–water partition coefficient (Wildman–Crippen LogP) is 2.87. The molecular weight excluding hydrogens is 444 g/mol. The van der Waals surface area contributed by atoms with Crippen molar-refractivity contribution < 1.29 is 28.7 Å². The molecule has 3 rings (SSSR count). The summed E-state index contributed by atoms with van der Waals surface area (Å²) in [6.07, 6.45) is 6.73. The molecule has 1 aliphatic heterocycles. The SMILES string of the molecule is COCCOc1cc([N+](=O)[O-])c(C(=O)NC2CCN(C(=O)NC3CCCCC3)CC2)cc1OC. The van der Waals surface area contributed by atoms with E-state index in [2.05, 4.69) is 10.6 Å². The third-order valence-corrected chi connectivity index (χ3v) is 6.32. The zero-order valence-electron chi connectivity index (χ0n) is 19.8. The van der Waals surface area contributed by atoms with Gasteiger partial charge in [0.05, 0.1) is 24.7 Å². The number of likely N-dealkylation sites (tertiary alicyclic amines) is 1. The van der Waals surface area contributed by atoms with Crippen LogP contribution in [0.5, 0.6) is 11.5 Å². The smallest absolute Gasteiger partial charge is 0.317 e. The number of nitrogens with zero attached hydrogens (tertiary/aromatic N) is 2. The summed E-state index contributed by atoms with van der Waals surface area (Å²) in [5, 5.41) is 17.6. The van der Waals surface area contributed by atoms with E-state index in [0.29, 0.717) is 32.5 Å². The van der Waals surface area contributed by atoms with E-state index in [1.807, 2.05) is 0 Å². The monoisotopic (exact) mass is 478 g/mol. The maximum Gasteiger partial charge on any atom is 0.317 e. The highest BCUT2D eigenvalue weighted by Crippen LogP contribution is 2.35. The molecule has 2 fully saturated rings. The number of carbonyl (C=O) groups is 2. The number of nitro groups is 1. The Hall–Kier alpha value is -3.08. The third-order valence-electron chi connectivity index (χ3n) is 6.32. The Bertz CT molecular complexity index is 865. The summed E-state index contributed by atoms with van der Waals surface area (Å²) in [7, 11) is 2.92. The summed E-state index contributed by atoms with van der Waals surface area (Å²) in [6.45, 7) is 1.52. The fourth-order valence-electron chi connectivity index (χ4n) is 4.39. The van der Waals surface area contributed by atoms with E-state index in [1.54, 1.807) is 4.90 Å². The molecule has 11 heteroatoms. The van der Waals surface area contributed by atoms with Crippen molar-refractivity contribution in [3.63, 3.8) is 0 Å². The van der Waals surface area contributed by atoms with E-state index in [-0.39, 0.29) is 47.5 Å². The lowest BCUT2D eigenvalue weighted by Gasteiger charge is -2.34. The lowest BCUT2D eigenvalue weighted by molar-refractivity contribution is -0.385. The van der Waals surface area contributed by atoms with Crippen LogP contribution < -0.4 is 20.1 Å². The molecule has 1 heterocycles. The second-order valence-electron chi connectivity index (χ2n) is 8.64. The second kappa shape index (κ2) is 12.4. The lowest BCUT2D eigenvalue weighted by Crippen LogP contribution is -2.51. The molecule has 2 N–H and O–H groups in total. The number of urea groups is 1. The van der Waals surface area contributed by atoms with E-state index in [9.17, 15) is 19.7 Å². The number of rotatable bonds is 9. The molecule has 1 saturated carbocycles. The Kier molecular flexibility index (Phi) is 9.32. The summed E-state index contributed by atoms with van der Waals surface area (Å²) >= 11 is 0. The van der Waals surface area contributed by atoms with Gasteiger partial charge in [-0.1, -0.05) is 19.3 Å². The van der Waals surface area contributed by atoms with Gasteiger partial charge in [-0.15, -0.1) is 0 Å². The van der Waals surface area contributed by atoms with Crippen molar-refractivity contribution in [1.29, 1.82) is 0 Å². The average Bonchev–Trinajstić information content (AvgIpc) is 2.84. The summed E-state index contributed by atoms with van der Waals surface area (Å²) in [5.41, 5.74) is -0.464. The minimum absolute atomic E-state index is 0.0545. The van der Waals surface area contributed by atoms with Crippen molar-refractivity contribution in [2.75, 3.05) is 40.5 Å². The van der Waals surface area contributed by atoms with Crippen LogP contribution >= 0.6 is 0 Å². The highest BCUT2D eigenvalue weighted by Gasteiger charge is 2.29. The van der Waals surface area contributed by atoms with Crippen LogP contribution in [0.1, 0.15) is 55.3 Å². The predicted molar refractivity (Wildman–Crippen MR) is 124 cm³/mol. The van der Waals surface area contributed by atoms with Gasteiger partial charge in [0, 0.05) is 38.3 Å². The first-order valence-electron chi connectivity index (χ1n) is 11.8. The lowest BCUT2D eigenvalue weighted by atomic mass is 9.95. The molecule has 0 unspecified atom stereocenters. The van der Waals surface area contributed by atoms with Crippen LogP contribution in [-0.4, -0.2) is 74.4 Å². The van der Waals surface area contributed by atoms with Gasteiger partial charge in [-0.25, -0.2) is 4.79 Å². The Balaban J connectivity index is 1.59. The normalized spacial score (nSPS) is 17.2. The highest BCUT2D eigenvalue weighted by molar-refractivity contribution is 5.99. The first-order valence-corrected chi connectivity index (χ1v) is 11.8. The van der Waals surface area contributed by atoms with Crippen molar-refractivity contribution in [3.8, 4) is 11.5 Å². The number of piperidine rings is 1. The largest absolute Gasteiger partial charge is 0.493 e. The van der Waals surface area contributed by atoms with E-state index in [4.69, 9.17) is 14.2 Å². The van der Waals surface area contributed by atoms with Gasteiger partial charge in [0.15, 0.2) is 11.5 Å². The van der Waals surface area contributed by atoms with Crippen molar-refractivity contribution in [3.05, 3.63) is 27.8 Å². The number of hydrogen-bond acceptors (Lipinski definition) is 7. The van der Waals surface area contributed by atoms with Crippen molar-refractivity contribution in [2.24, 2.45) is 0 Å². The number of hydrogen-bond donors (Lipinski definition) is 2. The van der Waals surface area contributed by atoms with Crippen molar-refractivity contribution >= 4 is 17.6 Å². The van der Waals surface area contributed by atoms with E-state index < -0.39 is 10.8 Å². The maximum absolute atomic E-state index is 12.9. The number of ether oxygens (including phenoxy) is 3. The summed E-state index contributed by atoms with van der Waals surface area (Å²) in [5.74, 6) is -0.167. The van der Waals surface area contributed by atoms with Crippen molar-refractivity contribution in [1.82, 2.24) is 15.5 Å². The van der Waals surface area contributed by atoms with Crippen LogP contribution in [0.25, 0.3) is 0 Å². The van der Waals surface area contributed by atoms with Crippen molar-refractivity contribution in [2.45, 2.75) is 57.0 Å². The Morgan fingerprint density at radius 2 is 1.68 bits per heavy atom. The number of nitrogens with one attached hydrogen (secondary N) is 2. The molecule has 0 spiro atoms. The topological polar surface area (TPSA) is 132 Å². The molecule has 0 radical (unpaired) electrons. The fourth-order valence-corrected chi connectivity index (χ4v) is 4.39. The second-order valence-corrected chi connectivity index (χ2v) is 8.64. The molecule has 11 nitrogen and oxygen atoms in total. The van der Waals surface area contributed by atoms with Crippen LogP contribution in [0.3, 0.4) is 0 Å². The van der Waals surface area contributed by atoms with Gasteiger partial charge in [-0.2, -0.15) is 0 Å². The van der Waals surface area contributed by atoms with Crippen LogP contribution in [0.2, 0.25) is 0 Å². The van der Waals surface area contributed by atoms with E-state index in [1.165, 1.54) is 32.8 Å². The molecule has 0 bridgehead atoms. The molecular formula is C23H34N4O7. The zero-order valence-corrected chi connectivity index (χ0v) is 19.8. The fraction of sp³-hybridized carbons (Fsp3) is 0.652. The molecule has 1 aromatic carbocycles. The summed E-state index contributed by atoms with van der Waals surface area (Å²) < 4.78 is 15.7. The molecule has 1 aromatic rings. The Morgan fingerprint density at radius 1 is 1.00 bits per heavy atom. The summed E-state index contributed by atoms with van der Waals surface area (Å²) in [4.78, 5) is 38.3. The third kappa shape index (κ3) is 6.72. The van der Waals surface area contributed by atoms with Crippen LogP contribution in [0.15, 0.2) is 12.1 Å². The molecule has 3 amide bonds.